The topological polar surface area (TPSA) is 33.2 Å². The Balaban J connectivity index is 2.20. The number of nitrogens with zero attached hydrogens (tertiary/aromatic N) is 2. The molecule has 0 N–H and O–H groups in total. The van der Waals surface area contributed by atoms with Crippen LogP contribution in [0.1, 0.15) is 48.0 Å². The molecule has 1 fully saturated rings. The van der Waals surface area contributed by atoms with Crippen molar-refractivity contribution in [3.63, 3.8) is 0 Å². The zero-order valence-corrected chi connectivity index (χ0v) is 10.9. The van der Waals surface area contributed by atoms with Crippen LogP contribution in [0.2, 0.25) is 0 Å². The molecule has 1 aromatic rings. The molecule has 0 radical (unpaired) electrons. The lowest BCUT2D eigenvalue weighted by Gasteiger charge is -2.23. The van der Waals surface area contributed by atoms with E-state index in [1.165, 1.54) is 37.0 Å². The average molecular weight is 238 g/mol. The second-order valence-corrected chi connectivity index (χ2v) is 5.49. The molecule has 0 bridgehead atoms. The molecule has 16 heavy (non-hydrogen) atoms. The van der Waals surface area contributed by atoms with Crippen molar-refractivity contribution in [1.29, 1.82) is 0 Å². The number of Topliss-reactive ketones (excluding diaryl/α,β-unsaturated/α-hetero) is 1. The normalized spacial score (nSPS) is 16.7. The highest BCUT2D eigenvalue weighted by Gasteiger charge is 2.23. The molecule has 0 aliphatic heterocycles. The van der Waals surface area contributed by atoms with Gasteiger partial charge in [0.2, 0.25) is 0 Å². The molecule has 3 nitrogen and oxygen atoms in total. The number of anilines is 1. The van der Waals surface area contributed by atoms with E-state index in [-0.39, 0.29) is 5.78 Å². The van der Waals surface area contributed by atoms with E-state index < -0.39 is 0 Å². The monoisotopic (exact) mass is 238 g/mol. The Morgan fingerprint density at radius 3 is 2.56 bits per heavy atom. The number of carbonyl (C=O) groups excluding carboxylic acids is 1. The van der Waals surface area contributed by atoms with Crippen LogP contribution in [-0.4, -0.2) is 23.9 Å². The SMILES string of the molecule is CC(=O)c1sc(N(C)C2CCCC2)nc1C. The first-order chi connectivity index (χ1) is 7.59. The second kappa shape index (κ2) is 4.53. The quantitative estimate of drug-likeness (QED) is 0.759. The minimum atomic E-state index is 0.126. The summed E-state index contributed by atoms with van der Waals surface area (Å²) in [6.07, 6.45) is 5.15. The largest absolute Gasteiger partial charge is 0.348 e. The lowest BCUT2D eigenvalue weighted by Crippen LogP contribution is -2.28. The summed E-state index contributed by atoms with van der Waals surface area (Å²) in [4.78, 5) is 18.9. The molecule has 0 unspecified atom stereocenters. The van der Waals surface area contributed by atoms with Gasteiger partial charge in [-0.05, 0) is 19.8 Å². The van der Waals surface area contributed by atoms with Gasteiger partial charge in [0.1, 0.15) is 0 Å². The van der Waals surface area contributed by atoms with Gasteiger partial charge in [-0.1, -0.05) is 24.2 Å². The number of rotatable bonds is 3. The molecule has 4 heteroatoms. The summed E-state index contributed by atoms with van der Waals surface area (Å²) in [6.45, 7) is 3.53. The molecule has 0 spiro atoms. The third-order valence-corrected chi connectivity index (χ3v) is 4.63. The maximum atomic E-state index is 11.4. The van der Waals surface area contributed by atoms with Crippen LogP contribution in [0.15, 0.2) is 0 Å². The van der Waals surface area contributed by atoms with Gasteiger partial charge in [-0.25, -0.2) is 4.98 Å². The van der Waals surface area contributed by atoms with Crippen LogP contribution in [0.4, 0.5) is 5.13 Å². The van der Waals surface area contributed by atoms with Crippen LogP contribution >= 0.6 is 11.3 Å². The van der Waals surface area contributed by atoms with Crippen molar-refractivity contribution < 1.29 is 4.79 Å². The molecule has 88 valence electrons. The highest BCUT2D eigenvalue weighted by Crippen LogP contribution is 2.31. The van der Waals surface area contributed by atoms with E-state index in [0.717, 1.165) is 15.7 Å². The van der Waals surface area contributed by atoms with Crippen molar-refractivity contribution in [3.8, 4) is 0 Å². The standard InChI is InChI=1S/C12H18N2OS/c1-8-11(9(2)15)16-12(13-8)14(3)10-6-4-5-7-10/h10H,4-7H2,1-3H3. The molecule has 0 amide bonds. The van der Waals surface area contributed by atoms with E-state index in [2.05, 4.69) is 16.9 Å². The minimum Gasteiger partial charge on any atom is -0.348 e. The molecule has 0 aromatic carbocycles. The summed E-state index contributed by atoms with van der Waals surface area (Å²) in [5.41, 5.74) is 0.873. The number of aromatic nitrogens is 1. The number of thiazole rings is 1. The Hall–Kier alpha value is -0.900. The van der Waals surface area contributed by atoms with Crippen LogP contribution in [0.5, 0.6) is 0 Å². The second-order valence-electron chi connectivity index (χ2n) is 4.52. The summed E-state index contributed by atoms with van der Waals surface area (Å²) < 4.78 is 0. The Labute approximate surface area is 100 Å². The van der Waals surface area contributed by atoms with Crippen molar-refractivity contribution in [2.45, 2.75) is 45.6 Å². The third-order valence-electron chi connectivity index (χ3n) is 3.28. The Morgan fingerprint density at radius 1 is 1.44 bits per heavy atom. The Bertz CT molecular complexity index is 394. The Kier molecular flexibility index (Phi) is 3.28. The van der Waals surface area contributed by atoms with Gasteiger partial charge in [0.25, 0.3) is 0 Å². The maximum Gasteiger partial charge on any atom is 0.186 e. The fourth-order valence-electron chi connectivity index (χ4n) is 2.31. The molecule has 1 heterocycles. The first-order valence-electron chi connectivity index (χ1n) is 5.81. The molecule has 1 saturated carbocycles. The van der Waals surface area contributed by atoms with Gasteiger partial charge < -0.3 is 4.90 Å². The van der Waals surface area contributed by atoms with Gasteiger partial charge in [-0.2, -0.15) is 0 Å². The fraction of sp³-hybridized carbons (Fsp3) is 0.667. The summed E-state index contributed by atoms with van der Waals surface area (Å²) in [7, 11) is 2.10. The zero-order chi connectivity index (χ0) is 11.7. The molecule has 2 rings (SSSR count). The molecular formula is C12H18N2OS. The van der Waals surface area contributed by atoms with Gasteiger partial charge in [-0.15, -0.1) is 0 Å². The van der Waals surface area contributed by atoms with Crippen molar-refractivity contribution >= 4 is 22.3 Å². The molecule has 1 aliphatic rings. The van der Waals surface area contributed by atoms with Gasteiger partial charge in [0, 0.05) is 20.0 Å². The van der Waals surface area contributed by atoms with E-state index in [0.29, 0.717) is 6.04 Å². The number of aryl methyl sites for hydroxylation is 1. The maximum absolute atomic E-state index is 11.4. The number of ketones is 1. The molecule has 0 atom stereocenters. The van der Waals surface area contributed by atoms with Crippen molar-refractivity contribution in [3.05, 3.63) is 10.6 Å². The fourth-order valence-corrected chi connectivity index (χ4v) is 3.30. The highest BCUT2D eigenvalue weighted by molar-refractivity contribution is 7.17. The van der Waals surface area contributed by atoms with Gasteiger partial charge in [-0.3, -0.25) is 4.79 Å². The van der Waals surface area contributed by atoms with Crippen LogP contribution in [0.25, 0.3) is 0 Å². The van der Waals surface area contributed by atoms with Crippen molar-refractivity contribution in [2.24, 2.45) is 0 Å². The molecular weight excluding hydrogens is 220 g/mol. The molecule has 1 aromatic heterocycles. The Morgan fingerprint density at radius 2 is 2.06 bits per heavy atom. The summed E-state index contributed by atoms with van der Waals surface area (Å²) in [5.74, 6) is 0.126. The minimum absolute atomic E-state index is 0.126. The first kappa shape index (κ1) is 11.6. The summed E-state index contributed by atoms with van der Waals surface area (Å²) in [5, 5.41) is 0.995. The number of hydrogen-bond donors (Lipinski definition) is 0. The van der Waals surface area contributed by atoms with Crippen LogP contribution < -0.4 is 4.90 Å². The van der Waals surface area contributed by atoms with Gasteiger partial charge in [0.05, 0.1) is 10.6 Å². The predicted molar refractivity (Wildman–Crippen MR) is 67.5 cm³/mol. The summed E-state index contributed by atoms with van der Waals surface area (Å²) in [6, 6.07) is 0.616. The zero-order valence-electron chi connectivity index (χ0n) is 10.1. The average Bonchev–Trinajstić information content (AvgIpc) is 2.84. The van der Waals surface area contributed by atoms with Crippen LogP contribution in [0.3, 0.4) is 0 Å². The van der Waals surface area contributed by atoms with E-state index in [1.807, 2.05) is 6.92 Å². The van der Waals surface area contributed by atoms with E-state index in [9.17, 15) is 4.79 Å². The van der Waals surface area contributed by atoms with Crippen molar-refractivity contribution in [1.82, 2.24) is 4.98 Å². The number of carbonyl (C=O) groups is 1. The van der Waals surface area contributed by atoms with Crippen molar-refractivity contribution in [2.75, 3.05) is 11.9 Å². The van der Waals surface area contributed by atoms with E-state index >= 15 is 0 Å². The highest BCUT2D eigenvalue weighted by atomic mass is 32.1. The van der Waals surface area contributed by atoms with Crippen LogP contribution in [-0.2, 0) is 0 Å². The lowest BCUT2D eigenvalue weighted by molar-refractivity contribution is 0.102. The van der Waals surface area contributed by atoms with Gasteiger partial charge >= 0.3 is 0 Å². The predicted octanol–water partition coefficient (Wildman–Crippen LogP) is 3.03. The van der Waals surface area contributed by atoms with E-state index in [4.69, 9.17) is 0 Å². The smallest absolute Gasteiger partial charge is 0.186 e. The molecule has 1 aliphatic carbocycles. The first-order valence-corrected chi connectivity index (χ1v) is 6.62. The third kappa shape index (κ3) is 2.12. The van der Waals surface area contributed by atoms with Gasteiger partial charge in [0.15, 0.2) is 10.9 Å². The van der Waals surface area contributed by atoms with Crippen LogP contribution in [0, 0.1) is 6.92 Å². The number of hydrogen-bond acceptors (Lipinski definition) is 4. The van der Waals surface area contributed by atoms with E-state index in [1.54, 1.807) is 6.92 Å². The lowest BCUT2D eigenvalue weighted by atomic mass is 10.2. The summed E-state index contributed by atoms with van der Waals surface area (Å²) >= 11 is 1.53. The molecule has 0 saturated heterocycles.